The number of anilines is 1. The fourth-order valence-corrected chi connectivity index (χ4v) is 4.06. The van der Waals surface area contributed by atoms with Crippen LogP contribution in [0.3, 0.4) is 0 Å². The fourth-order valence-electron chi connectivity index (χ4n) is 4.06. The van der Waals surface area contributed by atoms with Gasteiger partial charge in [-0.05, 0) is 47.2 Å². The van der Waals surface area contributed by atoms with E-state index in [9.17, 15) is 19.2 Å². The smallest absolute Gasteiger partial charge is 0.338 e. The van der Waals surface area contributed by atoms with Crippen LogP contribution in [-0.2, 0) is 4.74 Å². The summed E-state index contributed by atoms with van der Waals surface area (Å²) in [6, 6.07) is 23.7. The Hall–Kier alpha value is -4.78. The number of amides is 2. The maximum absolute atomic E-state index is 13.1. The van der Waals surface area contributed by atoms with Crippen molar-refractivity contribution in [3.63, 3.8) is 0 Å². The van der Waals surface area contributed by atoms with E-state index in [1.165, 1.54) is 25.3 Å². The highest BCUT2D eigenvalue weighted by Gasteiger charge is 2.38. The average Bonchev–Trinajstić information content (AvgIpc) is 3.15. The maximum atomic E-state index is 13.1. The summed E-state index contributed by atoms with van der Waals surface area (Å²) in [5.41, 5.74) is 1.06. The van der Waals surface area contributed by atoms with Crippen molar-refractivity contribution in [2.24, 2.45) is 0 Å². The quantitative estimate of drug-likeness (QED) is 0.233. The van der Waals surface area contributed by atoms with Gasteiger partial charge in [0.1, 0.15) is 5.75 Å². The van der Waals surface area contributed by atoms with Crippen molar-refractivity contribution in [2.75, 3.05) is 18.6 Å². The Bertz CT molecular complexity index is 1520. The number of nitrogens with zero attached hydrogens (tertiary/aromatic N) is 1. The molecule has 1 heterocycles. The minimum Gasteiger partial charge on any atom is -0.495 e. The van der Waals surface area contributed by atoms with E-state index < -0.39 is 24.4 Å². The zero-order valence-electron chi connectivity index (χ0n) is 18.7. The number of carbonyl (C=O) groups excluding carboxylic acids is 4. The molecule has 0 aromatic heterocycles. The molecule has 0 aliphatic carbocycles. The lowest BCUT2D eigenvalue weighted by molar-refractivity contribution is 0.0474. The Labute approximate surface area is 200 Å². The van der Waals surface area contributed by atoms with Crippen molar-refractivity contribution >= 4 is 40.0 Å². The topological polar surface area (TPSA) is 90.0 Å². The van der Waals surface area contributed by atoms with Gasteiger partial charge in [0.05, 0.1) is 29.5 Å². The van der Waals surface area contributed by atoms with Crippen LogP contribution in [0.5, 0.6) is 5.75 Å². The van der Waals surface area contributed by atoms with Crippen LogP contribution in [0.25, 0.3) is 10.8 Å². The van der Waals surface area contributed by atoms with Gasteiger partial charge >= 0.3 is 5.97 Å². The molecule has 1 aliphatic rings. The Balaban J connectivity index is 1.33. The van der Waals surface area contributed by atoms with Crippen molar-refractivity contribution in [1.29, 1.82) is 0 Å². The van der Waals surface area contributed by atoms with E-state index >= 15 is 0 Å². The molecule has 35 heavy (non-hydrogen) atoms. The number of Topliss-reactive ketones (excluding diaryl/α,β-unsaturated/α-hetero) is 1. The van der Waals surface area contributed by atoms with Gasteiger partial charge in [-0.25, -0.2) is 9.69 Å². The summed E-state index contributed by atoms with van der Waals surface area (Å²) < 4.78 is 10.5. The first-order valence-corrected chi connectivity index (χ1v) is 10.8. The van der Waals surface area contributed by atoms with Gasteiger partial charge < -0.3 is 9.47 Å². The Morgan fingerprint density at radius 3 is 2.23 bits per heavy atom. The number of methoxy groups -OCH3 is 1. The second kappa shape index (κ2) is 8.87. The van der Waals surface area contributed by atoms with Gasteiger partial charge in [0.2, 0.25) is 0 Å². The Morgan fingerprint density at radius 1 is 0.743 bits per heavy atom. The van der Waals surface area contributed by atoms with Gasteiger partial charge in [-0.1, -0.05) is 48.5 Å². The van der Waals surface area contributed by atoms with Crippen LogP contribution in [0.4, 0.5) is 5.69 Å². The van der Waals surface area contributed by atoms with Gasteiger partial charge in [-0.2, -0.15) is 0 Å². The molecule has 0 fully saturated rings. The summed E-state index contributed by atoms with van der Waals surface area (Å²) in [6.07, 6.45) is 0. The van der Waals surface area contributed by atoms with Crippen molar-refractivity contribution < 1.29 is 28.7 Å². The van der Waals surface area contributed by atoms with E-state index in [-0.39, 0.29) is 22.5 Å². The first-order valence-electron chi connectivity index (χ1n) is 10.8. The third-order valence-corrected chi connectivity index (χ3v) is 5.85. The number of benzene rings is 4. The average molecular weight is 465 g/mol. The molecule has 0 bridgehead atoms. The summed E-state index contributed by atoms with van der Waals surface area (Å²) in [5.74, 6) is -1.83. The predicted octanol–water partition coefficient (Wildman–Crippen LogP) is 4.69. The predicted molar refractivity (Wildman–Crippen MR) is 129 cm³/mol. The highest BCUT2D eigenvalue weighted by Crippen LogP contribution is 2.35. The molecule has 0 atom stereocenters. The summed E-state index contributed by atoms with van der Waals surface area (Å²) >= 11 is 0. The second-order valence-corrected chi connectivity index (χ2v) is 7.94. The number of para-hydroxylation sites is 2. The number of fused-ring (bicyclic) bond motifs is 2. The number of hydrogen-bond donors (Lipinski definition) is 0. The van der Waals surface area contributed by atoms with E-state index in [1.54, 1.807) is 36.4 Å². The Kier molecular flexibility index (Phi) is 5.58. The minimum absolute atomic E-state index is 0.0677. The van der Waals surface area contributed by atoms with Crippen LogP contribution in [0.1, 0.15) is 41.4 Å². The monoisotopic (exact) mass is 465 g/mol. The number of hydrogen-bond acceptors (Lipinski definition) is 6. The van der Waals surface area contributed by atoms with Crippen LogP contribution in [0.2, 0.25) is 0 Å². The molecule has 4 aromatic carbocycles. The molecule has 0 unspecified atom stereocenters. The normalized spacial score (nSPS) is 12.5. The summed E-state index contributed by atoms with van der Waals surface area (Å²) in [5, 5.41) is 1.91. The highest BCUT2D eigenvalue weighted by molar-refractivity contribution is 6.35. The number of rotatable bonds is 6. The molecular formula is C28H19NO6. The Morgan fingerprint density at radius 2 is 1.43 bits per heavy atom. The summed E-state index contributed by atoms with van der Waals surface area (Å²) in [7, 11) is 1.45. The lowest BCUT2D eigenvalue weighted by atomic mass is 10.0. The zero-order valence-corrected chi connectivity index (χ0v) is 18.7. The lowest BCUT2D eigenvalue weighted by Gasteiger charge is -2.16. The number of carbonyl (C=O) groups is 4. The molecule has 7 nitrogen and oxygen atoms in total. The van der Waals surface area contributed by atoms with Gasteiger partial charge in [0.15, 0.2) is 12.4 Å². The van der Waals surface area contributed by atoms with Crippen molar-refractivity contribution in [2.45, 2.75) is 0 Å². The second-order valence-electron chi connectivity index (χ2n) is 7.94. The van der Waals surface area contributed by atoms with E-state index in [4.69, 9.17) is 9.47 Å². The van der Waals surface area contributed by atoms with Crippen molar-refractivity contribution in [3.05, 3.63) is 107 Å². The molecule has 4 aromatic rings. The van der Waals surface area contributed by atoms with Crippen LogP contribution in [0, 0.1) is 0 Å². The van der Waals surface area contributed by atoms with E-state index in [2.05, 4.69) is 0 Å². The third kappa shape index (κ3) is 3.93. The van der Waals surface area contributed by atoms with Gasteiger partial charge in [0, 0.05) is 5.56 Å². The number of ether oxygens (including phenoxy) is 2. The molecule has 0 N–H and O–H groups in total. The summed E-state index contributed by atoms with van der Waals surface area (Å²) in [4.78, 5) is 52.2. The molecule has 0 saturated carbocycles. The minimum atomic E-state index is -0.766. The van der Waals surface area contributed by atoms with Crippen LogP contribution in [0.15, 0.2) is 84.9 Å². The van der Waals surface area contributed by atoms with Gasteiger partial charge in [-0.15, -0.1) is 0 Å². The molecule has 0 saturated heterocycles. The molecular weight excluding hydrogens is 446 g/mol. The number of imide groups is 1. The van der Waals surface area contributed by atoms with Gasteiger partial charge in [-0.3, -0.25) is 14.4 Å². The largest absolute Gasteiger partial charge is 0.495 e. The maximum Gasteiger partial charge on any atom is 0.338 e. The van der Waals surface area contributed by atoms with E-state index in [0.717, 1.165) is 15.7 Å². The third-order valence-electron chi connectivity index (χ3n) is 5.85. The zero-order chi connectivity index (χ0) is 24.5. The first kappa shape index (κ1) is 22.0. The van der Waals surface area contributed by atoms with Gasteiger partial charge in [0.25, 0.3) is 11.8 Å². The highest BCUT2D eigenvalue weighted by atomic mass is 16.5. The molecule has 172 valence electrons. The number of esters is 1. The van der Waals surface area contributed by atoms with Crippen LogP contribution >= 0.6 is 0 Å². The fraction of sp³-hybridized carbons (Fsp3) is 0.0714. The molecule has 0 spiro atoms. The summed E-state index contributed by atoms with van der Waals surface area (Å²) in [6.45, 7) is -0.450. The van der Waals surface area contributed by atoms with Crippen molar-refractivity contribution in [3.8, 4) is 5.75 Å². The standard InChI is InChI=1S/C28H19NO6/c1-34-25-9-5-4-8-23(25)29-26(31)21-13-12-20(15-22(21)27(29)32)28(33)35-16-24(30)19-11-10-17-6-2-3-7-18(17)14-19/h2-15H,16H2,1H3. The van der Waals surface area contributed by atoms with E-state index in [0.29, 0.717) is 17.0 Å². The lowest BCUT2D eigenvalue weighted by Crippen LogP contribution is -2.29. The SMILES string of the molecule is COc1ccccc1N1C(=O)c2ccc(C(=O)OCC(=O)c3ccc4ccccc4c3)cc2C1=O. The van der Waals surface area contributed by atoms with E-state index in [1.807, 2.05) is 30.3 Å². The molecule has 1 aliphatic heterocycles. The molecule has 2 amide bonds. The number of ketones is 1. The van der Waals surface area contributed by atoms with Crippen LogP contribution < -0.4 is 9.64 Å². The van der Waals surface area contributed by atoms with Crippen LogP contribution in [-0.4, -0.2) is 37.3 Å². The molecule has 5 rings (SSSR count). The van der Waals surface area contributed by atoms with Crippen molar-refractivity contribution in [1.82, 2.24) is 0 Å². The molecule has 0 radical (unpaired) electrons. The first-order chi connectivity index (χ1) is 17.0. The molecule has 7 heteroatoms.